The quantitative estimate of drug-likeness (QED) is 0.654. The van der Waals surface area contributed by atoms with Crippen LogP contribution in [0.15, 0.2) is 11.6 Å². The Morgan fingerprint density at radius 2 is 1.79 bits per heavy atom. The lowest BCUT2D eigenvalue weighted by atomic mass is 9.46. The van der Waals surface area contributed by atoms with Crippen LogP contribution >= 0.6 is 0 Å². The molecule has 0 aromatic heterocycles. The molecule has 3 fully saturated rings. The van der Waals surface area contributed by atoms with Gasteiger partial charge in [0, 0.05) is 25.2 Å². The first-order valence-electron chi connectivity index (χ1n) is 11.1. The van der Waals surface area contributed by atoms with Crippen LogP contribution < -0.4 is 0 Å². The highest BCUT2D eigenvalue weighted by Crippen LogP contribution is 2.68. The molecule has 6 atom stereocenters. The zero-order chi connectivity index (χ0) is 20.3. The van der Waals surface area contributed by atoms with Gasteiger partial charge < -0.3 is 4.74 Å². The Morgan fingerprint density at radius 1 is 1.07 bits per heavy atom. The molecule has 4 aliphatic rings. The maximum absolute atomic E-state index is 13.1. The van der Waals surface area contributed by atoms with E-state index in [1.807, 2.05) is 13.0 Å². The van der Waals surface area contributed by atoms with E-state index in [1.54, 1.807) is 0 Å². The molecule has 3 saturated carbocycles. The van der Waals surface area contributed by atoms with Gasteiger partial charge in [0.2, 0.25) is 0 Å². The van der Waals surface area contributed by atoms with Crippen LogP contribution in [-0.4, -0.2) is 23.1 Å². The molecule has 0 aromatic carbocycles. The molecule has 0 aliphatic heterocycles. The van der Waals surface area contributed by atoms with Gasteiger partial charge in [-0.25, -0.2) is 0 Å². The molecule has 0 amide bonds. The molecule has 0 heterocycles. The minimum atomic E-state index is -0.942. The number of esters is 1. The zero-order valence-corrected chi connectivity index (χ0v) is 17.8. The lowest BCUT2D eigenvalue weighted by molar-refractivity contribution is -0.188. The third kappa shape index (κ3) is 2.52. The predicted molar refractivity (Wildman–Crippen MR) is 107 cm³/mol. The molecule has 0 saturated heterocycles. The van der Waals surface area contributed by atoms with Crippen molar-refractivity contribution in [1.29, 1.82) is 0 Å². The lowest BCUT2D eigenvalue weighted by Crippen LogP contribution is -2.59. The number of Topliss-reactive ketones (excluding diaryl/α,β-unsaturated/α-hetero) is 1. The Morgan fingerprint density at radius 3 is 2.46 bits per heavy atom. The van der Waals surface area contributed by atoms with Crippen LogP contribution in [0.5, 0.6) is 0 Å². The van der Waals surface area contributed by atoms with Gasteiger partial charge in [0.05, 0.1) is 0 Å². The van der Waals surface area contributed by atoms with Crippen LogP contribution in [0, 0.1) is 28.6 Å². The third-order valence-electron chi connectivity index (χ3n) is 9.17. The summed E-state index contributed by atoms with van der Waals surface area (Å²) in [6.45, 7) is 7.91. The summed E-state index contributed by atoms with van der Waals surface area (Å²) in [5.41, 5.74) is 0.277. The summed E-state index contributed by atoms with van der Waals surface area (Å²) < 4.78 is 5.91. The number of hydrogen-bond acceptors (Lipinski definition) is 4. The number of carbonyl (C=O) groups excluding carboxylic acids is 3. The van der Waals surface area contributed by atoms with E-state index in [2.05, 4.69) is 13.8 Å². The van der Waals surface area contributed by atoms with Gasteiger partial charge >= 0.3 is 5.97 Å². The normalized spacial score (nSPS) is 44.8. The number of ketones is 2. The van der Waals surface area contributed by atoms with Crippen LogP contribution in [0.2, 0.25) is 0 Å². The number of fused-ring (bicyclic) bond motifs is 5. The largest absolute Gasteiger partial charge is 0.451 e. The Bertz CT molecular complexity index is 752. The van der Waals surface area contributed by atoms with Gasteiger partial charge in [-0.1, -0.05) is 26.3 Å². The van der Waals surface area contributed by atoms with Crippen molar-refractivity contribution in [3.05, 3.63) is 11.6 Å². The topological polar surface area (TPSA) is 60.4 Å². The van der Waals surface area contributed by atoms with Gasteiger partial charge in [0.25, 0.3) is 0 Å². The van der Waals surface area contributed by atoms with Crippen LogP contribution in [0.4, 0.5) is 0 Å². The summed E-state index contributed by atoms with van der Waals surface area (Å²) in [5, 5.41) is 0. The van der Waals surface area contributed by atoms with E-state index in [9.17, 15) is 14.4 Å². The molecule has 0 aromatic rings. The van der Waals surface area contributed by atoms with Crippen LogP contribution in [0.25, 0.3) is 0 Å². The fourth-order valence-corrected chi connectivity index (χ4v) is 7.77. The Balaban J connectivity index is 1.70. The van der Waals surface area contributed by atoms with E-state index >= 15 is 0 Å². The Labute approximate surface area is 168 Å². The van der Waals surface area contributed by atoms with Crippen molar-refractivity contribution in [2.45, 2.75) is 91.1 Å². The zero-order valence-electron chi connectivity index (χ0n) is 17.8. The van der Waals surface area contributed by atoms with E-state index in [4.69, 9.17) is 4.74 Å². The fraction of sp³-hybridized carbons (Fsp3) is 0.792. The lowest BCUT2D eigenvalue weighted by Gasteiger charge is -2.59. The second kappa shape index (κ2) is 6.53. The predicted octanol–water partition coefficient (Wildman–Crippen LogP) is 4.80. The minimum absolute atomic E-state index is 0.0945. The van der Waals surface area contributed by atoms with Crippen molar-refractivity contribution >= 4 is 17.5 Å². The average Bonchev–Trinajstić information content (AvgIpc) is 2.94. The second-order valence-corrected chi connectivity index (χ2v) is 10.2. The van der Waals surface area contributed by atoms with Gasteiger partial charge in [0.1, 0.15) is 0 Å². The summed E-state index contributed by atoms with van der Waals surface area (Å²) >= 11 is 0. The standard InChI is InChI=1S/C24H34O4/c1-5-21(27)24(28-15(2)25)13-10-20-18-7-6-16-14-17(26)8-11-22(16,3)19(18)9-12-23(20,24)4/h14,18-20H,5-13H2,1-4H3/t18-,19+,20+,22+,23+,24-/m1/s1. The summed E-state index contributed by atoms with van der Waals surface area (Å²) in [7, 11) is 0. The van der Waals surface area contributed by atoms with Gasteiger partial charge in [-0.15, -0.1) is 0 Å². The van der Waals surface area contributed by atoms with Crippen molar-refractivity contribution in [3.63, 3.8) is 0 Å². The molecule has 4 nitrogen and oxygen atoms in total. The second-order valence-electron chi connectivity index (χ2n) is 10.2. The number of ether oxygens (including phenoxy) is 1. The molecular weight excluding hydrogens is 352 g/mol. The Hall–Kier alpha value is -1.45. The van der Waals surface area contributed by atoms with Gasteiger partial charge in [-0.05, 0) is 74.2 Å². The molecular formula is C24H34O4. The molecule has 4 aliphatic carbocycles. The number of allylic oxidation sites excluding steroid dienone is 1. The average molecular weight is 387 g/mol. The Kier molecular flexibility index (Phi) is 4.63. The molecule has 28 heavy (non-hydrogen) atoms. The van der Waals surface area contributed by atoms with Crippen molar-refractivity contribution in [3.8, 4) is 0 Å². The first kappa shape index (κ1) is 19.8. The van der Waals surface area contributed by atoms with E-state index in [-0.39, 0.29) is 28.4 Å². The van der Waals surface area contributed by atoms with Crippen molar-refractivity contribution in [2.24, 2.45) is 28.6 Å². The maximum Gasteiger partial charge on any atom is 0.303 e. The van der Waals surface area contributed by atoms with E-state index in [1.165, 1.54) is 12.5 Å². The number of rotatable bonds is 3. The summed E-state index contributed by atoms with van der Waals surface area (Å²) in [5.74, 6) is 1.58. The van der Waals surface area contributed by atoms with E-state index in [0.717, 1.165) is 38.5 Å². The molecule has 0 radical (unpaired) electrons. The maximum atomic E-state index is 13.1. The van der Waals surface area contributed by atoms with Crippen LogP contribution in [0.1, 0.15) is 85.5 Å². The first-order valence-corrected chi connectivity index (χ1v) is 11.1. The highest BCUT2D eigenvalue weighted by molar-refractivity contribution is 5.92. The molecule has 0 N–H and O–H groups in total. The van der Waals surface area contributed by atoms with Crippen molar-refractivity contribution in [2.75, 3.05) is 0 Å². The smallest absolute Gasteiger partial charge is 0.303 e. The monoisotopic (exact) mass is 386 g/mol. The summed E-state index contributed by atoms with van der Waals surface area (Å²) in [4.78, 5) is 37.1. The fourth-order valence-electron chi connectivity index (χ4n) is 7.77. The number of carbonyl (C=O) groups is 3. The van der Waals surface area contributed by atoms with Gasteiger partial charge in [-0.3, -0.25) is 14.4 Å². The van der Waals surface area contributed by atoms with Crippen LogP contribution in [0.3, 0.4) is 0 Å². The van der Waals surface area contributed by atoms with Gasteiger partial charge in [0.15, 0.2) is 17.2 Å². The highest BCUT2D eigenvalue weighted by Gasteiger charge is 2.68. The molecule has 0 spiro atoms. The van der Waals surface area contributed by atoms with E-state index in [0.29, 0.717) is 37.0 Å². The van der Waals surface area contributed by atoms with Gasteiger partial charge in [-0.2, -0.15) is 0 Å². The van der Waals surface area contributed by atoms with Crippen molar-refractivity contribution < 1.29 is 19.1 Å². The first-order chi connectivity index (χ1) is 13.2. The van der Waals surface area contributed by atoms with E-state index < -0.39 is 5.60 Å². The molecule has 0 unspecified atom stereocenters. The molecule has 154 valence electrons. The molecule has 0 bridgehead atoms. The summed E-state index contributed by atoms with van der Waals surface area (Å²) in [6.07, 6.45) is 9.68. The third-order valence-corrected chi connectivity index (χ3v) is 9.17. The minimum Gasteiger partial charge on any atom is -0.451 e. The van der Waals surface area contributed by atoms with Crippen LogP contribution in [-0.2, 0) is 19.1 Å². The van der Waals surface area contributed by atoms with Crippen molar-refractivity contribution in [1.82, 2.24) is 0 Å². The summed E-state index contributed by atoms with van der Waals surface area (Å²) in [6, 6.07) is 0. The SMILES string of the molecule is CCC(=O)[C@]1(OC(C)=O)CC[C@H]2[C@@H]3CCC4=CC(=O)CC[C@]4(C)[C@H]3CC[C@@]21C. The molecule has 4 heteroatoms. The number of hydrogen-bond donors (Lipinski definition) is 0. The highest BCUT2D eigenvalue weighted by atomic mass is 16.6. The molecule has 4 rings (SSSR count).